The van der Waals surface area contributed by atoms with Gasteiger partial charge < -0.3 is 10.1 Å². The average Bonchev–Trinajstić information content (AvgIpc) is 2.74. The van der Waals surface area contributed by atoms with Gasteiger partial charge in [0.2, 0.25) is 5.95 Å². The highest BCUT2D eigenvalue weighted by atomic mass is 16.5. The number of hydrogen-bond donors (Lipinski definition) is 1. The van der Waals surface area contributed by atoms with Gasteiger partial charge in [-0.05, 0) is 42.0 Å². The summed E-state index contributed by atoms with van der Waals surface area (Å²) < 4.78 is 5.40. The fourth-order valence-electron chi connectivity index (χ4n) is 3.25. The topological polar surface area (TPSA) is 74.1 Å². The standard InChI is InChI=1S/C22H19N5O/c1-2-16-3-4-21-19(10-16)14-24-22(26-21)25-20-11-17(13-23)9-18(12-20)15-27-5-7-28-8-6-27/h1,3-4,9-12,14H,5-8,15H2,(H,24,25,26). The van der Waals surface area contributed by atoms with E-state index in [0.29, 0.717) is 11.5 Å². The van der Waals surface area contributed by atoms with E-state index in [-0.39, 0.29) is 0 Å². The number of rotatable bonds is 4. The Hall–Kier alpha value is -3.45. The highest BCUT2D eigenvalue weighted by molar-refractivity contribution is 5.80. The van der Waals surface area contributed by atoms with E-state index < -0.39 is 0 Å². The Morgan fingerprint density at radius 1 is 1.14 bits per heavy atom. The molecule has 0 spiro atoms. The smallest absolute Gasteiger partial charge is 0.227 e. The quantitative estimate of drug-likeness (QED) is 0.713. The number of aromatic nitrogens is 2. The van der Waals surface area contributed by atoms with E-state index in [1.807, 2.05) is 30.3 Å². The largest absolute Gasteiger partial charge is 0.379 e. The first kappa shape index (κ1) is 17.9. The van der Waals surface area contributed by atoms with Gasteiger partial charge in [-0.3, -0.25) is 4.90 Å². The lowest BCUT2D eigenvalue weighted by atomic mass is 10.1. The molecule has 4 rings (SSSR count). The van der Waals surface area contributed by atoms with Gasteiger partial charge in [0, 0.05) is 42.5 Å². The van der Waals surface area contributed by atoms with E-state index in [1.54, 1.807) is 12.3 Å². The third-order valence-electron chi connectivity index (χ3n) is 4.63. The molecule has 1 aliphatic rings. The first-order valence-electron chi connectivity index (χ1n) is 9.08. The molecule has 0 radical (unpaired) electrons. The van der Waals surface area contributed by atoms with Crippen LogP contribution in [0.15, 0.2) is 42.6 Å². The maximum atomic E-state index is 9.39. The molecule has 2 aromatic carbocycles. The first-order chi connectivity index (χ1) is 13.7. The molecule has 1 fully saturated rings. The zero-order chi connectivity index (χ0) is 19.3. The minimum atomic E-state index is 0.480. The summed E-state index contributed by atoms with van der Waals surface area (Å²) in [5.41, 5.74) is 4.07. The second kappa shape index (κ2) is 8.06. The van der Waals surface area contributed by atoms with Gasteiger partial charge in [0.05, 0.1) is 30.4 Å². The van der Waals surface area contributed by atoms with Crippen LogP contribution in [-0.2, 0) is 11.3 Å². The number of morpholine rings is 1. The summed E-state index contributed by atoms with van der Waals surface area (Å²) >= 11 is 0. The van der Waals surface area contributed by atoms with Gasteiger partial charge in [-0.1, -0.05) is 5.92 Å². The number of anilines is 2. The number of fused-ring (bicyclic) bond motifs is 1. The van der Waals surface area contributed by atoms with Crippen LogP contribution in [-0.4, -0.2) is 41.2 Å². The zero-order valence-corrected chi connectivity index (χ0v) is 15.4. The van der Waals surface area contributed by atoms with Crippen molar-refractivity contribution in [2.24, 2.45) is 0 Å². The lowest BCUT2D eigenvalue weighted by Crippen LogP contribution is -2.35. The maximum absolute atomic E-state index is 9.39. The third kappa shape index (κ3) is 4.10. The van der Waals surface area contributed by atoms with Gasteiger partial charge in [0.25, 0.3) is 0 Å². The number of ether oxygens (including phenoxy) is 1. The van der Waals surface area contributed by atoms with Gasteiger partial charge in [-0.25, -0.2) is 9.97 Å². The number of benzene rings is 2. The van der Waals surface area contributed by atoms with Crippen LogP contribution in [0.25, 0.3) is 10.9 Å². The lowest BCUT2D eigenvalue weighted by Gasteiger charge is -2.26. The zero-order valence-electron chi connectivity index (χ0n) is 15.4. The molecule has 1 saturated heterocycles. The molecule has 0 amide bonds. The molecule has 0 atom stereocenters. The van der Waals surface area contributed by atoms with Crippen molar-refractivity contribution in [1.82, 2.24) is 14.9 Å². The van der Waals surface area contributed by atoms with Crippen LogP contribution >= 0.6 is 0 Å². The van der Waals surface area contributed by atoms with Gasteiger partial charge in [-0.15, -0.1) is 6.42 Å². The highest BCUT2D eigenvalue weighted by Crippen LogP contribution is 2.21. The molecular formula is C22H19N5O. The molecule has 1 aromatic heterocycles. The van der Waals surface area contributed by atoms with Gasteiger partial charge in [-0.2, -0.15) is 5.26 Å². The normalized spacial score (nSPS) is 14.4. The Kier molecular flexibility index (Phi) is 5.16. The van der Waals surface area contributed by atoms with Crippen molar-refractivity contribution in [2.45, 2.75) is 6.54 Å². The van der Waals surface area contributed by atoms with E-state index in [2.05, 4.69) is 32.2 Å². The Bertz CT molecular complexity index is 1090. The summed E-state index contributed by atoms with van der Waals surface area (Å²) in [7, 11) is 0. The Labute approximate surface area is 163 Å². The highest BCUT2D eigenvalue weighted by Gasteiger charge is 2.12. The van der Waals surface area contributed by atoms with Crippen molar-refractivity contribution in [2.75, 3.05) is 31.6 Å². The summed E-state index contributed by atoms with van der Waals surface area (Å²) in [5.74, 6) is 3.09. The average molecular weight is 369 g/mol. The minimum absolute atomic E-state index is 0.480. The molecule has 1 N–H and O–H groups in total. The molecule has 6 nitrogen and oxygen atoms in total. The van der Waals surface area contributed by atoms with Crippen LogP contribution in [0.3, 0.4) is 0 Å². The third-order valence-corrected chi connectivity index (χ3v) is 4.63. The van der Waals surface area contributed by atoms with Crippen LogP contribution < -0.4 is 5.32 Å². The predicted molar refractivity (Wildman–Crippen MR) is 108 cm³/mol. The second-order valence-electron chi connectivity index (χ2n) is 6.66. The van der Waals surface area contributed by atoms with Gasteiger partial charge >= 0.3 is 0 Å². The first-order valence-corrected chi connectivity index (χ1v) is 9.08. The molecule has 1 aliphatic heterocycles. The Morgan fingerprint density at radius 2 is 2.00 bits per heavy atom. The number of nitrogens with zero attached hydrogens (tertiary/aromatic N) is 4. The number of nitrogens with one attached hydrogen (secondary N) is 1. The van der Waals surface area contributed by atoms with Crippen molar-refractivity contribution in [3.05, 3.63) is 59.3 Å². The predicted octanol–water partition coefficient (Wildman–Crippen LogP) is 3.06. The van der Waals surface area contributed by atoms with Crippen LogP contribution in [0.5, 0.6) is 0 Å². The summed E-state index contributed by atoms with van der Waals surface area (Å²) in [5, 5.41) is 13.5. The minimum Gasteiger partial charge on any atom is -0.379 e. The van der Waals surface area contributed by atoms with E-state index in [1.165, 1.54) is 0 Å². The van der Waals surface area contributed by atoms with Gasteiger partial charge in [0.1, 0.15) is 0 Å². The van der Waals surface area contributed by atoms with Crippen LogP contribution in [0, 0.1) is 23.7 Å². The molecule has 2 heterocycles. The van der Waals surface area contributed by atoms with Gasteiger partial charge in [0.15, 0.2) is 0 Å². The maximum Gasteiger partial charge on any atom is 0.227 e. The van der Waals surface area contributed by atoms with E-state index in [9.17, 15) is 5.26 Å². The van der Waals surface area contributed by atoms with E-state index >= 15 is 0 Å². The molecule has 138 valence electrons. The molecule has 28 heavy (non-hydrogen) atoms. The summed E-state index contributed by atoms with van der Waals surface area (Å²) in [4.78, 5) is 11.2. The molecule has 0 bridgehead atoms. The number of nitriles is 1. The fourth-order valence-corrected chi connectivity index (χ4v) is 3.25. The summed E-state index contributed by atoms with van der Waals surface area (Å²) in [6.45, 7) is 4.06. The molecule has 6 heteroatoms. The molecule has 3 aromatic rings. The van der Waals surface area contributed by atoms with Crippen molar-refractivity contribution >= 4 is 22.5 Å². The van der Waals surface area contributed by atoms with Crippen molar-refractivity contribution in [3.8, 4) is 18.4 Å². The van der Waals surface area contributed by atoms with Crippen LogP contribution in [0.1, 0.15) is 16.7 Å². The van der Waals surface area contributed by atoms with Crippen molar-refractivity contribution in [3.63, 3.8) is 0 Å². The monoisotopic (exact) mass is 369 g/mol. The van der Waals surface area contributed by atoms with Crippen molar-refractivity contribution in [1.29, 1.82) is 5.26 Å². The van der Waals surface area contributed by atoms with Crippen LogP contribution in [0.4, 0.5) is 11.6 Å². The Balaban J connectivity index is 1.58. The number of hydrogen-bond acceptors (Lipinski definition) is 6. The van der Waals surface area contributed by atoms with Crippen molar-refractivity contribution < 1.29 is 4.74 Å². The fraction of sp³-hybridized carbons (Fsp3) is 0.227. The second-order valence-corrected chi connectivity index (χ2v) is 6.66. The summed E-state index contributed by atoms with van der Waals surface area (Å²) in [6, 6.07) is 13.6. The molecule has 0 unspecified atom stereocenters. The SMILES string of the molecule is C#Cc1ccc2nc(Nc3cc(C#N)cc(CN4CCOCC4)c3)ncc2c1. The summed E-state index contributed by atoms with van der Waals surface area (Å²) in [6.07, 6.45) is 7.19. The molecule has 0 saturated carbocycles. The molecular weight excluding hydrogens is 350 g/mol. The molecule has 0 aliphatic carbocycles. The van der Waals surface area contributed by atoms with Crippen LogP contribution in [0.2, 0.25) is 0 Å². The van der Waals surface area contributed by atoms with E-state index in [0.717, 1.165) is 60.6 Å². The lowest BCUT2D eigenvalue weighted by molar-refractivity contribution is 0.0342. The Morgan fingerprint density at radius 3 is 2.79 bits per heavy atom. The number of terminal acetylenes is 1. The van der Waals surface area contributed by atoms with E-state index in [4.69, 9.17) is 11.2 Å².